The lowest BCUT2D eigenvalue weighted by atomic mass is 10.2. The Labute approximate surface area is 106 Å². The monoisotopic (exact) mass is 257 g/mol. The third kappa shape index (κ3) is 5.33. The third-order valence-electron chi connectivity index (χ3n) is 2.05. The number of para-hydroxylation sites is 1. The first-order chi connectivity index (χ1) is 7.63. The summed E-state index contributed by atoms with van der Waals surface area (Å²) in [5.74, 6) is -0.615. The first-order valence-corrected chi connectivity index (χ1v) is 4.95. The first kappa shape index (κ1) is 15.4. The van der Waals surface area contributed by atoms with Crippen LogP contribution in [0.15, 0.2) is 24.3 Å². The van der Waals surface area contributed by atoms with Crippen LogP contribution in [0.25, 0.3) is 0 Å². The van der Waals surface area contributed by atoms with Gasteiger partial charge in [0.05, 0.1) is 13.1 Å². The number of carbonyl (C=O) groups excluding carboxylic acids is 2. The van der Waals surface area contributed by atoms with Crippen molar-refractivity contribution in [2.24, 2.45) is 5.73 Å². The molecule has 0 radical (unpaired) electrons. The molecule has 5 nitrogen and oxygen atoms in total. The number of benzene rings is 1. The van der Waals surface area contributed by atoms with Crippen LogP contribution in [0.2, 0.25) is 0 Å². The highest BCUT2D eigenvalue weighted by Gasteiger charge is 2.05. The van der Waals surface area contributed by atoms with Crippen molar-refractivity contribution < 1.29 is 9.59 Å². The van der Waals surface area contributed by atoms with Gasteiger partial charge in [-0.25, -0.2) is 0 Å². The van der Waals surface area contributed by atoms with Crippen molar-refractivity contribution in [2.75, 3.05) is 18.4 Å². The summed E-state index contributed by atoms with van der Waals surface area (Å²) in [7, 11) is 0. The van der Waals surface area contributed by atoms with E-state index in [4.69, 9.17) is 5.73 Å². The molecule has 1 rings (SSSR count). The van der Waals surface area contributed by atoms with Gasteiger partial charge >= 0.3 is 0 Å². The highest BCUT2D eigenvalue weighted by molar-refractivity contribution is 5.95. The number of nitrogens with one attached hydrogen (secondary N) is 2. The fraction of sp³-hybridized carbons (Fsp3) is 0.273. The van der Waals surface area contributed by atoms with Gasteiger partial charge in [0.15, 0.2) is 0 Å². The predicted molar refractivity (Wildman–Crippen MR) is 69.1 cm³/mol. The lowest BCUT2D eigenvalue weighted by Gasteiger charge is -2.08. The lowest BCUT2D eigenvalue weighted by Crippen LogP contribution is -2.36. The molecule has 2 amide bonds. The summed E-state index contributed by atoms with van der Waals surface area (Å²) in [6.45, 7) is 1.72. The third-order valence-corrected chi connectivity index (χ3v) is 2.05. The van der Waals surface area contributed by atoms with Crippen LogP contribution < -0.4 is 16.4 Å². The molecule has 0 bridgehead atoms. The molecule has 0 unspecified atom stereocenters. The molecule has 0 saturated carbocycles. The van der Waals surface area contributed by atoms with E-state index in [-0.39, 0.29) is 37.3 Å². The Hall–Kier alpha value is -1.59. The van der Waals surface area contributed by atoms with Crippen molar-refractivity contribution in [1.82, 2.24) is 5.32 Å². The van der Waals surface area contributed by atoms with Gasteiger partial charge in [-0.3, -0.25) is 9.59 Å². The molecule has 0 fully saturated rings. The summed E-state index contributed by atoms with van der Waals surface area (Å²) in [6.07, 6.45) is 0. The molecule has 1 aromatic rings. The van der Waals surface area contributed by atoms with Gasteiger partial charge in [0.1, 0.15) is 0 Å². The largest absolute Gasteiger partial charge is 0.346 e. The van der Waals surface area contributed by atoms with Crippen molar-refractivity contribution in [3.8, 4) is 0 Å². The van der Waals surface area contributed by atoms with Crippen molar-refractivity contribution in [3.05, 3.63) is 29.8 Å². The van der Waals surface area contributed by atoms with Crippen LogP contribution >= 0.6 is 12.4 Å². The van der Waals surface area contributed by atoms with Crippen molar-refractivity contribution >= 4 is 29.9 Å². The first-order valence-electron chi connectivity index (χ1n) is 4.95. The number of nitrogens with two attached hydrogens (primary N) is 1. The average Bonchev–Trinajstić information content (AvgIpc) is 2.29. The molecular formula is C11H16ClN3O2. The minimum absolute atomic E-state index is 0. The Morgan fingerprint density at radius 3 is 2.47 bits per heavy atom. The Morgan fingerprint density at radius 1 is 1.24 bits per heavy atom. The van der Waals surface area contributed by atoms with Crippen LogP contribution in [0.5, 0.6) is 0 Å². The number of amides is 2. The van der Waals surface area contributed by atoms with Crippen LogP contribution in [0.1, 0.15) is 5.56 Å². The molecule has 94 valence electrons. The van der Waals surface area contributed by atoms with Gasteiger partial charge in [0.25, 0.3) is 0 Å². The fourth-order valence-corrected chi connectivity index (χ4v) is 1.16. The minimum atomic E-state index is -0.347. The number of hydrogen-bond donors (Lipinski definition) is 3. The van der Waals surface area contributed by atoms with E-state index in [0.29, 0.717) is 0 Å². The van der Waals surface area contributed by atoms with Gasteiger partial charge in [-0.05, 0) is 18.6 Å². The van der Waals surface area contributed by atoms with E-state index in [2.05, 4.69) is 10.6 Å². The smallest absolute Gasteiger partial charge is 0.243 e. The molecule has 6 heteroatoms. The van der Waals surface area contributed by atoms with Crippen LogP contribution in [-0.4, -0.2) is 24.9 Å². The summed E-state index contributed by atoms with van der Waals surface area (Å²) in [5, 5.41) is 5.09. The number of rotatable bonds is 4. The zero-order valence-corrected chi connectivity index (χ0v) is 10.3. The minimum Gasteiger partial charge on any atom is -0.346 e. The number of aryl methyl sites for hydroxylation is 1. The van der Waals surface area contributed by atoms with Gasteiger partial charge in [-0.2, -0.15) is 0 Å². The molecular weight excluding hydrogens is 242 g/mol. The Morgan fingerprint density at radius 2 is 1.88 bits per heavy atom. The van der Waals surface area contributed by atoms with E-state index in [9.17, 15) is 9.59 Å². The maximum Gasteiger partial charge on any atom is 0.243 e. The molecule has 0 saturated heterocycles. The maximum absolute atomic E-state index is 11.4. The Balaban J connectivity index is 0.00000256. The fourth-order valence-electron chi connectivity index (χ4n) is 1.16. The molecule has 0 aromatic heterocycles. The Kier molecular flexibility index (Phi) is 6.93. The number of anilines is 1. The molecule has 0 heterocycles. The molecule has 0 atom stereocenters. The summed E-state index contributed by atoms with van der Waals surface area (Å²) in [4.78, 5) is 22.2. The topological polar surface area (TPSA) is 84.2 Å². The highest BCUT2D eigenvalue weighted by Crippen LogP contribution is 2.12. The van der Waals surface area contributed by atoms with Gasteiger partial charge in [0, 0.05) is 5.69 Å². The SMILES string of the molecule is Cc1ccccc1NC(=O)CNC(=O)CN.Cl. The van der Waals surface area contributed by atoms with E-state index in [0.717, 1.165) is 11.3 Å². The van der Waals surface area contributed by atoms with Crippen LogP contribution in [-0.2, 0) is 9.59 Å². The molecule has 17 heavy (non-hydrogen) atoms. The van der Waals surface area contributed by atoms with Gasteiger partial charge in [0.2, 0.25) is 11.8 Å². The van der Waals surface area contributed by atoms with Crippen molar-refractivity contribution in [3.63, 3.8) is 0 Å². The summed E-state index contributed by atoms with van der Waals surface area (Å²) >= 11 is 0. The highest BCUT2D eigenvalue weighted by atomic mass is 35.5. The van der Waals surface area contributed by atoms with E-state index in [1.165, 1.54) is 0 Å². The zero-order chi connectivity index (χ0) is 12.0. The summed E-state index contributed by atoms with van der Waals surface area (Å²) in [6, 6.07) is 7.42. The molecule has 0 aliphatic carbocycles. The van der Waals surface area contributed by atoms with Gasteiger partial charge < -0.3 is 16.4 Å². The predicted octanol–water partition coefficient (Wildman–Crippen LogP) is 0.430. The molecule has 1 aromatic carbocycles. The zero-order valence-electron chi connectivity index (χ0n) is 9.53. The van der Waals surface area contributed by atoms with Crippen LogP contribution in [0.3, 0.4) is 0 Å². The average molecular weight is 258 g/mol. The van der Waals surface area contributed by atoms with E-state index in [1.54, 1.807) is 6.07 Å². The lowest BCUT2D eigenvalue weighted by molar-refractivity contribution is -0.123. The number of carbonyl (C=O) groups is 2. The van der Waals surface area contributed by atoms with Gasteiger partial charge in [-0.1, -0.05) is 18.2 Å². The summed E-state index contributed by atoms with van der Waals surface area (Å²) in [5.41, 5.74) is 6.81. The quantitative estimate of drug-likeness (QED) is 0.731. The van der Waals surface area contributed by atoms with Crippen LogP contribution in [0.4, 0.5) is 5.69 Å². The standard InChI is InChI=1S/C11H15N3O2.ClH/c1-8-4-2-3-5-9(8)14-11(16)7-13-10(15)6-12;/h2-5H,6-7,12H2,1H3,(H,13,15)(H,14,16);1H. The second-order valence-electron chi connectivity index (χ2n) is 3.34. The van der Waals surface area contributed by atoms with Crippen LogP contribution in [0, 0.1) is 6.92 Å². The summed E-state index contributed by atoms with van der Waals surface area (Å²) < 4.78 is 0. The van der Waals surface area contributed by atoms with Crippen molar-refractivity contribution in [2.45, 2.75) is 6.92 Å². The number of halogens is 1. The van der Waals surface area contributed by atoms with E-state index >= 15 is 0 Å². The Bertz CT molecular complexity index is 396. The van der Waals surface area contributed by atoms with Gasteiger partial charge in [-0.15, -0.1) is 12.4 Å². The molecule has 4 N–H and O–H groups in total. The van der Waals surface area contributed by atoms with E-state index < -0.39 is 0 Å². The second kappa shape index (κ2) is 7.65. The maximum atomic E-state index is 11.4. The molecule has 0 spiro atoms. The number of hydrogen-bond acceptors (Lipinski definition) is 3. The molecule has 0 aliphatic rings. The molecule has 0 aliphatic heterocycles. The van der Waals surface area contributed by atoms with Crippen molar-refractivity contribution in [1.29, 1.82) is 0 Å². The normalized spacial score (nSPS) is 9.06. The van der Waals surface area contributed by atoms with E-state index in [1.807, 2.05) is 25.1 Å². The second-order valence-corrected chi connectivity index (χ2v) is 3.34.